The Hall–Kier alpha value is -0.520. The minimum atomic E-state index is 0.501. The second-order valence-electron chi connectivity index (χ2n) is 4.80. The number of hydrogen-bond acceptors (Lipinski definition) is 0. The Morgan fingerprint density at radius 3 is 2.62 bits per heavy atom. The first kappa shape index (κ1) is 10.6. The molecule has 0 amide bonds. The molecule has 0 aromatic rings. The minimum absolute atomic E-state index is 0.501. The van der Waals surface area contributed by atoms with Gasteiger partial charge in [0.05, 0.1) is 0 Å². The van der Waals surface area contributed by atoms with E-state index in [1.165, 1.54) is 12.8 Å². The molecule has 0 nitrogen and oxygen atoms in total. The summed E-state index contributed by atoms with van der Waals surface area (Å²) >= 11 is 0. The van der Waals surface area contributed by atoms with Crippen LogP contribution in [0.1, 0.15) is 47.0 Å². The van der Waals surface area contributed by atoms with Crippen LogP contribution in [0.5, 0.6) is 0 Å². The first-order valence-corrected chi connectivity index (χ1v) is 5.46. The molecular formula is C13H22. The summed E-state index contributed by atoms with van der Waals surface area (Å²) < 4.78 is 0. The zero-order valence-electron chi connectivity index (χ0n) is 9.43. The van der Waals surface area contributed by atoms with E-state index in [1.54, 1.807) is 5.57 Å². The lowest BCUT2D eigenvalue weighted by atomic mass is 9.85. The van der Waals surface area contributed by atoms with Crippen LogP contribution in [0.4, 0.5) is 0 Å². The van der Waals surface area contributed by atoms with Crippen LogP contribution < -0.4 is 0 Å². The molecular weight excluding hydrogens is 156 g/mol. The van der Waals surface area contributed by atoms with Gasteiger partial charge >= 0.3 is 0 Å². The first-order valence-electron chi connectivity index (χ1n) is 5.46. The fraction of sp³-hybridized carbons (Fsp3) is 0.692. The molecule has 0 unspecified atom stereocenters. The van der Waals surface area contributed by atoms with Crippen LogP contribution in [0.3, 0.4) is 0 Å². The zero-order valence-corrected chi connectivity index (χ0v) is 9.43. The van der Waals surface area contributed by atoms with Gasteiger partial charge in [-0.05, 0) is 18.3 Å². The normalized spacial score (nSPS) is 22.2. The van der Waals surface area contributed by atoms with Gasteiger partial charge in [0.25, 0.3) is 0 Å². The van der Waals surface area contributed by atoms with E-state index in [4.69, 9.17) is 0 Å². The summed E-state index contributed by atoms with van der Waals surface area (Å²) in [6.07, 6.45) is 10.7. The number of rotatable bonds is 5. The molecule has 0 aliphatic heterocycles. The third-order valence-corrected chi connectivity index (χ3v) is 2.93. The van der Waals surface area contributed by atoms with Crippen molar-refractivity contribution in [1.29, 1.82) is 0 Å². The maximum absolute atomic E-state index is 2.39. The number of hydrogen-bond donors (Lipinski definition) is 0. The first-order chi connectivity index (χ1) is 6.09. The van der Waals surface area contributed by atoms with E-state index in [1.807, 2.05) is 0 Å². The largest absolute Gasteiger partial charge is 0.0879 e. The van der Waals surface area contributed by atoms with Crippen molar-refractivity contribution in [1.82, 2.24) is 0 Å². The van der Waals surface area contributed by atoms with Crippen molar-refractivity contribution >= 4 is 0 Å². The van der Waals surface area contributed by atoms with Gasteiger partial charge in [-0.3, -0.25) is 0 Å². The summed E-state index contributed by atoms with van der Waals surface area (Å²) in [6, 6.07) is 0. The smallest absolute Gasteiger partial charge is 0.0160 e. The molecule has 0 heterocycles. The average Bonchev–Trinajstić information content (AvgIpc) is 2.79. The second kappa shape index (κ2) is 4.13. The molecule has 1 atom stereocenters. The van der Waals surface area contributed by atoms with E-state index in [-0.39, 0.29) is 0 Å². The van der Waals surface area contributed by atoms with Crippen molar-refractivity contribution < 1.29 is 0 Å². The summed E-state index contributed by atoms with van der Waals surface area (Å²) in [4.78, 5) is 0. The van der Waals surface area contributed by atoms with E-state index >= 15 is 0 Å². The summed E-state index contributed by atoms with van der Waals surface area (Å²) in [5.41, 5.74) is 2.15. The van der Waals surface area contributed by atoms with Gasteiger partial charge in [-0.15, -0.1) is 0 Å². The molecule has 0 heteroatoms. The highest BCUT2D eigenvalue weighted by molar-refractivity contribution is 5.35. The molecule has 0 N–H and O–H groups in total. The van der Waals surface area contributed by atoms with Gasteiger partial charge in [-0.25, -0.2) is 0 Å². The summed E-state index contributed by atoms with van der Waals surface area (Å²) in [5, 5.41) is 0. The Morgan fingerprint density at radius 2 is 2.08 bits per heavy atom. The molecule has 0 saturated carbocycles. The van der Waals surface area contributed by atoms with Crippen LogP contribution >= 0.6 is 0 Å². The van der Waals surface area contributed by atoms with Gasteiger partial charge in [-0.1, -0.05) is 57.9 Å². The SMILES string of the molecule is CC/C=C/[C@@H]1C=C1CC(C)(C)CC. The highest BCUT2D eigenvalue weighted by atomic mass is 14.3. The van der Waals surface area contributed by atoms with Crippen LogP contribution in [-0.2, 0) is 0 Å². The molecule has 0 aromatic heterocycles. The molecule has 0 fully saturated rings. The lowest BCUT2D eigenvalue weighted by Crippen LogP contribution is -2.08. The van der Waals surface area contributed by atoms with Crippen molar-refractivity contribution in [2.45, 2.75) is 47.0 Å². The van der Waals surface area contributed by atoms with E-state index in [0.29, 0.717) is 11.3 Å². The van der Waals surface area contributed by atoms with Crippen molar-refractivity contribution in [2.24, 2.45) is 11.3 Å². The lowest BCUT2D eigenvalue weighted by Gasteiger charge is -2.21. The molecule has 0 spiro atoms. The monoisotopic (exact) mass is 178 g/mol. The van der Waals surface area contributed by atoms with Gasteiger partial charge < -0.3 is 0 Å². The standard InChI is InChI=1S/C13H22/c1-5-7-8-11-9-12(11)10-13(3,4)6-2/h7-9,11H,5-6,10H2,1-4H3/b8-7+/t11-/m1/s1. The topological polar surface area (TPSA) is 0 Å². The average molecular weight is 178 g/mol. The molecule has 0 aromatic carbocycles. The van der Waals surface area contributed by atoms with Crippen molar-refractivity contribution in [3.8, 4) is 0 Å². The Balaban J connectivity index is 2.28. The highest BCUT2D eigenvalue weighted by Gasteiger charge is 2.27. The fourth-order valence-corrected chi connectivity index (χ4v) is 1.50. The van der Waals surface area contributed by atoms with Gasteiger partial charge in [0, 0.05) is 5.92 Å². The molecule has 0 radical (unpaired) electrons. The molecule has 0 saturated heterocycles. The second-order valence-corrected chi connectivity index (χ2v) is 4.80. The van der Waals surface area contributed by atoms with Gasteiger partial charge in [0.15, 0.2) is 0 Å². The summed E-state index contributed by atoms with van der Waals surface area (Å²) in [5.74, 6) is 0.714. The van der Waals surface area contributed by atoms with Crippen molar-refractivity contribution in [2.75, 3.05) is 0 Å². The van der Waals surface area contributed by atoms with Crippen LogP contribution in [0.25, 0.3) is 0 Å². The van der Waals surface area contributed by atoms with Gasteiger partial charge in [0.1, 0.15) is 0 Å². The maximum Gasteiger partial charge on any atom is 0.0160 e. The van der Waals surface area contributed by atoms with Crippen LogP contribution in [0, 0.1) is 11.3 Å². The molecule has 1 rings (SSSR count). The predicted octanol–water partition coefficient (Wildman–Crippen LogP) is 4.34. The zero-order chi connectivity index (χ0) is 9.90. The van der Waals surface area contributed by atoms with Crippen LogP contribution in [0.15, 0.2) is 23.8 Å². The Kier molecular flexibility index (Phi) is 3.35. The molecule has 1 aliphatic carbocycles. The lowest BCUT2D eigenvalue weighted by molar-refractivity contribution is 0.349. The Bertz CT molecular complexity index is 218. The highest BCUT2D eigenvalue weighted by Crippen LogP contribution is 2.41. The third-order valence-electron chi connectivity index (χ3n) is 2.93. The minimum Gasteiger partial charge on any atom is -0.0879 e. The summed E-state index contributed by atoms with van der Waals surface area (Å²) in [7, 11) is 0. The van der Waals surface area contributed by atoms with E-state index in [0.717, 1.165) is 6.42 Å². The fourth-order valence-electron chi connectivity index (χ4n) is 1.50. The Morgan fingerprint density at radius 1 is 1.38 bits per heavy atom. The van der Waals surface area contributed by atoms with Crippen LogP contribution in [0.2, 0.25) is 0 Å². The van der Waals surface area contributed by atoms with E-state index < -0.39 is 0 Å². The van der Waals surface area contributed by atoms with Crippen molar-refractivity contribution in [3.63, 3.8) is 0 Å². The predicted molar refractivity (Wildman–Crippen MR) is 59.7 cm³/mol. The molecule has 1 aliphatic rings. The van der Waals surface area contributed by atoms with Gasteiger partial charge in [0.2, 0.25) is 0 Å². The van der Waals surface area contributed by atoms with E-state index in [2.05, 4.69) is 45.9 Å². The Labute approximate surface area is 82.7 Å². The van der Waals surface area contributed by atoms with Crippen molar-refractivity contribution in [3.05, 3.63) is 23.8 Å². The van der Waals surface area contributed by atoms with E-state index in [9.17, 15) is 0 Å². The molecule has 74 valence electrons. The van der Waals surface area contributed by atoms with Gasteiger partial charge in [-0.2, -0.15) is 0 Å². The molecule has 13 heavy (non-hydrogen) atoms. The van der Waals surface area contributed by atoms with Crippen LogP contribution in [-0.4, -0.2) is 0 Å². The number of allylic oxidation sites excluding steroid dienone is 4. The third kappa shape index (κ3) is 3.38. The quantitative estimate of drug-likeness (QED) is 0.549. The molecule has 0 bridgehead atoms. The summed E-state index contributed by atoms with van der Waals surface area (Å²) in [6.45, 7) is 9.17. The maximum atomic E-state index is 2.39.